The molecule has 3 aromatic rings. The van der Waals surface area contributed by atoms with Crippen molar-refractivity contribution in [1.29, 1.82) is 0 Å². The minimum Gasteiger partial charge on any atom is -0.329 e. The van der Waals surface area contributed by atoms with Crippen LogP contribution < -0.4 is 5.32 Å². The molecule has 2 amide bonds. The summed E-state index contributed by atoms with van der Waals surface area (Å²) < 4.78 is 1.16. The number of nitrogens with zero attached hydrogens (tertiary/aromatic N) is 2. The molecule has 5 nitrogen and oxygen atoms in total. The van der Waals surface area contributed by atoms with E-state index in [9.17, 15) is 9.59 Å². The molecule has 1 saturated heterocycles. The standard InChI is InChI=1S/C21H19N3O2S2/c25-19-12-27-17-9-8-13(11-15(17)22-19)21(26)24-10-4-3-6-16(24)20-23-14-5-1-2-7-18(14)28-20/h1-2,5,7-9,11,16H,3-4,6,10,12H2,(H,22,25)/t16-/m1/s1. The van der Waals surface area contributed by atoms with Gasteiger partial charge >= 0.3 is 0 Å². The van der Waals surface area contributed by atoms with E-state index in [4.69, 9.17) is 4.98 Å². The first-order valence-electron chi connectivity index (χ1n) is 9.42. The van der Waals surface area contributed by atoms with E-state index in [0.29, 0.717) is 11.3 Å². The number of carbonyl (C=O) groups is 2. The van der Waals surface area contributed by atoms with Crippen LogP contribution in [-0.2, 0) is 4.79 Å². The molecule has 1 fully saturated rings. The number of nitrogens with one attached hydrogen (secondary N) is 1. The van der Waals surface area contributed by atoms with Crippen LogP contribution in [0.2, 0.25) is 0 Å². The number of rotatable bonds is 2. The zero-order valence-electron chi connectivity index (χ0n) is 15.2. The molecule has 0 bridgehead atoms. The number of thioether (sulfide) groups is 1. The SMILES string of the molecule is O=C1CSc2ccc(C(=O)N3CCCC[C@@H]3c3nc4ccccc4s3)cc2N1. The van der Waals surface area contributed by atoms with Gasteiger partial charge in [0.2, 0.25) is 5.91 Å². The molecule has 5 rings (SSSR count). The molecule has 2 aromatic carbocycles. The predicted octanol–water partition coefficient (Wildman–Crippen LogP) is 4.71. The van der Waals surface area contributed by atoms with Crippen molar-refractivity contribution in [2.45, 2.75) is 30.2 Å². The zero-order chi connectivity index (χ0) is 19.1. The second-order valence-electron chi connectivity index (χ2n) is 7.08. The number of para-hydroxylation sites is 1. The largest absolute Gasteiger partial charge is 0.329 e. The number of benzene rings is 2. The maximum Gasteiger partial charge on any atom is 0.254 e. The highest BCUT2D eigenvalue weighted by Crippen LogP contribution is 2.37. The van der Waals surface area contributed by atoms with E-state index in [2.05, 4.69) is 11.4 Å². The van der Waals surface area contributed by atoms with Crippen molar-refractivity contribution in [2.24, 2.45) is 0 Å². The molecule has 2 aliphatic rings. The first kappa shape index (κ1) is 17.7. The Morgan fingerprint density at radius 2 is 2.07 bits per heavy atom. The van der Waals surface area contributed by atoms with Crippen LogP contribution in [0.15, 0.2) is 47.4 Å². The monoisotopic (exact) mass is 409 g/mol. The highest BCUT2D eigenvalue weighted by molar-refractivity contribution is 8.00. The van der Waals surface area contributed by atoms with E-state index in [1.165, 1.54) is 11.8 Å². The van der Waals surface area contributed by atoms with Crippen molar-refractivity contribution in [3.8, 4) is 0 Å². The third-order valence-electron chi connectivity index (χ3n) is 5.22. The van der Waals surface area contributed by atoms with Crippen LogP contribution in [0.3, 0.4) is 0 Å². The Morgan fingerprint density at radius 1 is 1.18 bits per heavy atom. The molecule has 3 heterocycles. The molecule has 0 unspecified atom stereocenters. The third kappa shape index (κ3) is 3.18. The minimum absolute atomic E-state index is 0.0107. The van der Waals surface area contributed by atoms with Gasteiger partial charge < -0.3 is 10.2 Å². The van der Waals surface area contributed by atoms with Crippen molar-refractivity contribution in [3.63, 3.8) is 0 Å². The number of piperidine rings is 1. The van der Waals surface area contributed by atoms with Crippen LogP contribution >= 0.6 is 23.1 Å². The Labute approximate surface area is 171 Å². The molecule has 2 aliphatic heterocycles. The average Bonchev–Trinajstić information content (AvgIpc) is 3.17. The van der Waals surface area contributed by atoms with E-state index in [-0.39, 0.29) is 17.9 Å². The van der Waals surface area contributed by atoms with Crippen LogP contribution in [0.1, 0.15) is 40.7 Å². The van der Waals surface area contributed by atoms with Crippen molar-refractivity contribution >= 4 is 50.8 Å². The van der Waals surface area contributed by atoms with Gasteiger partial charge in [0, 0.05) is 17.0 Å². The Morgan fingerprint density at radius 3 is 2.96 bits per heavy atom. The fourth-order valence-corrected chi connectivity index (χ4v) is 5.75. The number of hydrogen-bond acceptors (Lipinski definition) is 5. The lowest BCUT2D eigenvalue weighted by Gasteiger charge is -2.34. The number of amides is 2. The van der Waals surface area contributed by atoms with Crippen LogP contribution in [-0.4, -0.2) is 34.0 Å². The first-order chi connectivity index (χ1) is 13.7. The molecular formula is C21H19N3O2S2. The third-order valence-corrected chi connectivity index (χ3v) is 7.43. The average molecular weight is 410 g/mol. The molecular weight excluding hydrogens is 390 g/mol. The normalized spacial score (nSPS) is 19.4. The number of fused-ring (bicyclic) bond motifs is 2. The quantitative estimate of drug-likeness (QED) is 0.666. The molecule has 142 valence electrons. The number of aromatic nitrogens is 1. The minimum atomic E-state index is -0.0209. The number of likely N-dealkylation sites (tertiary alicyclic amines) is 1. The smallest absolute Gasteiger partial charge is 0.254 e. The summed E-state index contributed by atoms with van der Waals surface area (Å²) in [5, 5.41) is 3.89. The number of anilines is 1. The maximum absolute atomic E-state index is 13.3. The summed E-state index contributed by atoms with van der Waals surface area (Å²) in [5.41, 5.74) is 2.35. The molecule has 7 heteroatoms. The molecule has 0 saturated carbocycles. The summed E-state index contributed by atoms with van der Waals surface area (Å²) in [4.78, 5) is 32.8. The molecule has 0 radical (unpaired) electrons. The van der Waals surface area contributed by atoms with Crippen molar-refractivity contribution < 1.29 is 9.59 Å². The van der Waals surface area contributed by atoms with Gasteiger partial charge in [-0.25, -0.2) is 4.98 Å². The summed E-state index contributed by atoms with van der Waals surface area (Å²) in [7, 11) is 0. The summed E-state index contributed by atoms with van der Waals surface area (Å²) in [6.45, 7) is 0.734. The van der Waals surface area contributed by atoms with Gasteiger partial charge in [-0.15, -0.1) is 23.1 Å². The Bertz CT molecular complexity index is 1050. The second kappa shape index (κ2) is 7.22. The molecule has 0 aliphatic carbocycles. The summed E-state index contributed by atoms with van der Waals surface area (Å²) in [5.74, 6) is 0.413. The summed E-state index contributed by atoms with van der Waals surface area (Å²) in [6.07, 6.45) is 3.04. The van der Waals surface area contributed by atoms with Crippen LogP contribution in [0.4, 0.5) is 5.69 Å². The van der Waals surface area contributed by atoms with Crippen LogP contribution in [0.25, 0.3) is 10.2 Å². The van der Waals surface area contributed by atoms with Crippen molar-refractivity contribution in [2.75, 3.05) is 17.6 Å². The Kier molecular flexibility index (Phi) is 4.56. The van der Waals surface area contributed by atoms with Crippen LogP contribution in [0, 0.1) is 0 Å². The van der Waals surface area contributed by atoms with Gasteiger partial charge in [-0.2, -0.15) is 0 Å². The van der Waals surface area contributed by atoms with Gasteiger partial charge in [0.05, 0.1) is 27.7 Å². The van der Waals surface area contributed by atoms with Gasteiger partial charge in [0.1, 0.15) is 5.01 Å². The number of carbonyl (C=O) groups excluding carboxylic acids is 2. The lowest BCUT2D eigenvalue weighted by Crippen LogP contribution is -2.38. The van der Waals surface area contributed by atoms with E-state index in [0.717, 1.165) is 51.6 Å². The van der Waals surface area contributed by atoms with Gasteiger partial charge in [0.15, 0.2) is 0 Å². The molecule has 1 aromatic heterocycles. The molecule has 1 N–H and O–H groups in total. The first-order valence-corrected chi connectivity index (χ1v) is 11.2. The Hall–Kier alpha value is -2.38. The fraction of sp³-hybridized carbons (Fsp3) is 0.286. The van der Waals surface area contributed by atoms with Crippen LogP contribution in [0.5, 0.6) is 0 Å². The highest BCUT2D eigenvalue weighted by atomic mass is 32.2. The van der Waals surface area contributed by atoms with E-state index in [1.807, 2.05) is 41.3 Å². The molecule has 1 atom stereocenters. The summed E-state index contributed by atoms with van der Waals surface area (Å²) >= 11 is 3.19. The topological polar surface area (TPSA) is 62.3 Å². The molecule has 0 spiro atoms. The van der Waals surface area contributed by atoms with Gasteiger partial charge in [0.25, 0.3) is 5.91 Å². The lowest BCUT2D eigenvalue weighted by molar-refractivity contribution is -0.113. The zero-order valence-corrected chi connectivity index (χ0v) is 16.8. The maximum atomic E-state index is 13.3. The predicted molar refractivity (Wildman–Crippen MR) is 113 cm³/mol. The van der Waals surface area contributed by atoms with E-state index >= 15 is 0 Å². The highest BCUT2D eigenvalue weighted by Gasteiger charge is 2.31. The van der Waals surface area contributed by atoms with Gasteiger partial charge in [-0.05, 0) is 49.6 Å². The number of thiazole rings is 1. The summed E-state index contributed by atoms with van der Waals surface area (Å²) in [6, 6.07) is 13.7. The lowest BCUT2D eigenvalue weighted by atomic mass is 10.0. The van der Waals surface area contributed by atoms with Gasteiger partial charge in [-0.1, -0.05) is 12.1 Å². The van der Waals surface area contributed by atoms with Crippen molar-refractivity contribution in [3.05, 3.63) is 53.0 Å². The Balaban J connectivity index is 1.47. The van der Waals surface area contributed by atoms with Crippen molar-refractivity contribution in [1.82, 2.24) is 9.88 Å². The van der Waals surface area contributed by atoms with E-state index < -0.39 is 0 Å². The van der Waals surface area contributed by atoms with E-state index in [1.54, 1.807) is 11.3 Å². The second-order valence-corrected chi connectivity index (χ2v) is 9.16. The fourth-order valence-electron chi connectivity index (χ4n) is 3.85. The van der Waals surface area contributed by atoms with Gasteiger partial charge in [-0.3, -0.25) is 9.59 Å². The number of hydrogen-bond donors (Lipinski definition) is 1. The molecule has 28 heavy (non-hydrogen) atoms.